The molecule has 0 aromatic heterocycles. The van der Waals surface area contributed by atoms with Crippen molar-refractivity contribution in [2.45, 2.75) is 57.2 Å². The van der Waals surface area contributed by atoms with E-state index < -0.39 is 30.2 Å². The van der Waals surface area contributed by atoms with Crippen LogP contribution in [0.15, 0.2) is 18.2 Å². The van der Waals surface area contributed by atoms with E-state index in [-0.39, 0.29) is 44.3 Å². The number of piperazine rings is 1. The van der Waals surface area contributed by atoms with Gasteiger partial charge in [-0.15, -0.1) is 0 Å². The van der Waals surface area contributed by atoms with Gasteiger partial charge in [0.15, 0.2) is 0 Å². The van der Waals surface area contributed by atoms with Crippen LogP contribution in [0.1, 0.15) is 41.3 Å². The summed E-state index contributed by atoms with van der Waals surface area (Å²) in [7, 11) is 0. The largest absolute Gasteiger partial charge is 0.405 e. The van der Waals surface area contributed by atoms with Crippen LogP contribution in [0.5, 0.6) is 0 Å². The summed E-state index contributed by atoms with van der Waals surface area (Å²) in [6.07, 6.45) is -3.99. The van der Waals surface area contributed by atoms with Crippen molar-refractivity contribution < 1.29 is 27.6 Å². The molecule has 2 saturated heterocycles. The van der Waals surface area contributed by atoms with E-state index in [1.165, 1.54) is 16.7 Å². The van der Waals surface area contributed by atoms with Crippen LogP contribution < -0.4 is 10.6 Å². The number of imide groups is 1. The minimum atomic E-state index is -4.38. The third-order valence-corrected chi connectivity index (χ3v) is 6.12. The minimum Gasteiger partial charge on any atom is -0.322 e. The van der Waals surface area contributed by atoms with Gasteiger partial charge in [-0.25, -0.2) is 0 Å². The highest BCUT2D eigenvalue weighted by Gasteiger charge is 2.48. The summed E-state index contributed by atoms with van der Waals surface area (Å²) in [5, 5.41) is 5.13. The maximum atomic E-state index is 13.6. The molecule has 30 heavy (non-hydrogen) atoms. The monoisotopic (exact) mass is 424 g/mol. The topological polar surface area (TPSA) is 81.8 Å². The molecule has 3 amide bonds. The highest BCUT2D eigenvalue weighted by molar-refractivity contribution is 6.05. The minimum absolute atomic E-state index is 0.0653. The van der Waals surface area contributed by atoms with Crippen molar-refractivity contribution in [3.05, 3.63) is 34.9 Å². The maximum absolute atomic E-state index is 13.6. The predicted octanol–water partition coefficient (Wildman–Crippen LogP) is 1.17. The Hall–Kier alpha value is -2.46. The highest BCUT2D eigenvalue weighted by atomic mass is 19.4. The number of halogens is 3. The van der Waals surface area contributed by atoms with Crippen LogP contribution in [0.25, 0.3) is 0 Å². The molecule has 4 rings (SSSR count). The first kappa shape index (κ1) is 20.8. The molecule has 3 atom stereocenters. The van der Waals surface area contributed by atoms with Crippen LogP contribution >= 0.6 is 0 Å². The molecule has 0 aliphatic carbocycles. The van der Waals surface area contributed by atoms with Crippen molar-refractivity contribution in [3.8, 4) is 0 Å². The van der Waals surface area contributed by atoms with Gasteiger partial charge in [0.1, 0.15) is 12.1 Å². The lowest BCUT2D eigenvalue weighted by Crippen LogP contribution is -2.62. The molecule has 3 aliphatic heterocycles. The standard InChI is InChI=1S/C20H23F3N4O3/c1-11-17(20(21,22)23)26(8-7-24-11)9-12-3-2-4-13-14(12)10-27(19(13)30)15-5-6-16(28)25-18(15)29/h2-4,11,15,17,24H,5-10H2,1H3,(H,25,28,29)/t11-,15?,17-/m1/s1. The second kappa shape index (κ2) is 7.66. The molecule has 162 valence electrons. The third-order valence-electron chi connectivity index (χ3n) is 6.12. The lowest BCUT2D eigenvalue weighted by atomic mass is 9.99. The van der Waals surface area contributed by atoms with Crippen LogP contribution in [-0.2, 0) is 22.7 Å². The Morgan fingerprint density at radius 1 is 1.20 bits per heavy atom. The van der Waals surface area contributed by atoms with Gasteiger partial charge in [-0.3, -0.25) is 24.6 Å². The van der Waals surface area contributed by atoms with Crippen LogP contribution in [-0.4, -0.2) is 64.9 Å². The molecule has 7 nitrogen and oxygen atoms in total. The molecule has 0 radical (unpaired) electrons. The van der Waals surface area contributed by atoms with E-state index in [2.05, 4.69) is 10.6 Å². The van der Waals surface area contributed by atoms with E-state index >= 15 is 0 Å². The van der Waals surface area contributed by atoms with E-state index in [0.717, 1.165) is 0 Å². The lowest BCUT2D eigenvalue weighted by molar-refractivity contribution is -0.197. The van der Waals surface area contributed by atoms with Gasteiger partial charge in [-0.1, -0.05) is 12.1 Å². The molecule has 1 aromatic carbocycles. The van der Waals surface area contributed by atoms with Crippen molar-refractivity contribution in [2.24, 2.45) is 0 Å². The molecular weight excluding hydrogens is 401 g/mol. The fourth-order valence-electron chi connectivity index (χ4n) is 4.69. The molecule has 1 unspecified atom stereocenters. The van der Waals surface area contributed by atoms with Crippen LogP contribution in [0.3, 0.4) is 0 Å². The molecule has 0 saturated carbocycles. The molecular formula is C20H23F3N4O3. The molecule has 2 N–H and O–H groups in total. The Balaban J connectivity index is 1.58. The number of rotatable bonds is 3. The van der Waals surface area contributed by atoms with Gasteiger partial charge in [0.2, 0.25) is 11.8 Å². The van der Waals surface area contributed by atoms with Crippen LogP contribution in [0.2, 0.25) is 0 Å². The Labute approximate surface area is 171 Å². The summed E-state index contributed by atoms with van der Waals surface area (Å²) in [5.41, 5.74) is 1.71. The maximum Gasteiger partial charge on any atom is 0.405 e. The second-order valence-electron chi connectivity index (χ2n) is 8.04. The number of alkyl halides is 3. The summed E-state index contributed by atoms with van der Waals surface area (Å²) < 4.78 is 40.9. The number of carbonyl (C=O) groups is 3. The normalized spacial score (nSPS) is 27.9. The van der Waals surface area contributed by atoms with Gasteiger partial charge in [0.05, 0.1) is 0 Å². The van der Waals surface area contributed by atoms with Gasteiger partial charge in [-0.2, -0.15) is 13.2 Å². The van der Waals surface area contributed by atoms with E-state index in [4.69, 9.17) is 0 Å². The number of nitrogens with zero attached hydrogens (tertiary/aromatic N) is 2. The summed E-state index contributed by atoms with van der Waals surface area (Å²) in [4.78, 5) is 39.3. The zero-order valence-electron chi connectivity index (χ0n) is 16.5. The smallest absolute Gasteiger partial charge is 0.322 e. The first-order valence-corrected chi connectivity index (χ1v) is 9.96. The van der Waals surface area contributed by atoms with Crippen molar-refractivity contribution in [2.75, 3.05) is 13.1 Å². The second-order valence-corrected chi connectivity index (χ2v) is 8.04. The molecule has 3 heterocycles. The number of benzene rings is 1. The Kier molecular flexibility index (Phi) is 5.31. The zero-order valence-corrected chi connectivity index (χ0v) is 16.5. The van der Waals surface area contributed by atoms with Gasteiger partial charge in [0, 0.05) is 44.2 Å². The van der Waals surface area contributed by atoms with Crippen LogP contribution in [0.4, 0.5) is 13.2 Å². The highest BCUT2D eigenvalue weighted by Crippen LogP contribution is 2.33. The van der Waals surface area contributed by atoms with Crippen LogP contribution in [0, 0.1) is 0 Å². The average molecular weight is 424 g/mol. The zero-order chi connectivity index (χ0) is 21.6. The first-order chi connectivity index (χ1) is 14.2. The summed E-state index contributed by atoms with van der Waals surface area (Å²) in [6.45, 7) is 2.42. The quantitative estimate of drug-likeness (QED) is 0.712. The fourth-order valence-corrected chi connectivity index (χ4v) is 4.69. The van der Waals surface area contributed by atoms with E-state index in [9.17, 15) is 27.6 Å². The molecule has 0 bridgehead atoms. The summed E-state index contributed by atoms with van der Waals surface area (Å²) >= 11 is 0. The average Bonchev–Trinajstić information content (AvgIpc) is 2.98. The SMILES string of the molecule is C[C@H]1NCCN(Cc2cccc3c2CN(C2CCC(=O)NC2=O)C3=O)[C@H]1C(F)(F)F. The Morgan fingerprint density at radius 2 is 1.97 bits per heavy atom. The van der Waals surface area contributed by atoms with Crippen molar-refractivity contribution in [3.63, 3.8) is 0 Å². The molecule has 10 heteroatoms. The van der Waals surface area contributed by atoms with E-state index in [0.29, 0.717) is 23.2 Å². The number of nitrogens with one attached hydrogen (secondary N) is 2. The van der Waals surface area contributed by atoms with Gasteiger partial charge in [0.25, 0.3) is 5.91 Å². The number of hydrogen-bond donors (Lipinski definition) is 2. The van der Waals surface area contributed by atoms with Gasteiger partial charge in [-0.05, 0) is 30.5 Å². The van der Waals surface area contributed by atoms with Crippen molar-refractivity contribution >= 4 is 17.7 Å². The number of amides is 3. The summed E-state index contributed by atoms with van der Waals surface area (Å²) in [5.74, 6) is -1.21. The molecule has 2 fully saturated rings. The van der Waals surface area contributed by atoms with E-state index in [1.807, 2.05) is 0 Å². The van der Waals surface area contributed by atoms with Gasteiger partial charge < -0.3 is 10.2 Å². The lowest BCUT2D eigenvalue weighted by Gasteiger charge is -2.41. The molecule has 0 spiro atoms. The van der Waals surface area contributed by atoms with Crippen molar-refractivity contribution in [1.82, 2.24) is 20.4 Å². The molecule has 3 aliphatic rings. The number of carbonyl (C=O) groups excluding carboxylic acids is 3. The molecule has 1 aromatic rings. The first-order valence-electron chi connectivity index (χ1n) is 9.96. The number of hydrogen-bond acceptors (Lipinski definition) is 5. The fraction of sp³-hybridized carbons (Fsp3) is 0.550. The Morgan fingerprint density at radius 3 is 2.67 bits per heavy atom. The Bertz CT molecular complexity index is 889. The predicted molar refractivity (Wildman–Crippen MR) is 100 cm³/mol. The summed E-state index contributed by atoms with van der Waals surface area (Å²) in [6, 6.07) is 1.92. The van der Waals surface area contributed by atoms with E-state index in [1.54, 1.807) is 18.2 Å². The van der Waals surface area contributed by atoms with Gasteiger partial charge >= 0.3 is 6.18 Å². The third kappa shape index (κ3) is 3.69. The number of fused-ring (bicyclic) bond motifs is 1. The van der Waals surface area contributed by atoms with Crippen molar-refractivity contribution in [1.29, 1.82) is 0 Å². The number of piperidine rings is 1.